The van der Waals surface area contributed by atoms with Crippen molar-refractivity contribution >= 4 is 11.8 Å². The van der Waals surface area contributed by atoms with Crippen LogP contribution in [0.4, 0.5) is 0 Å². The molecule has 1 aliphatic rings. The molecular formula is C23H28N2O5. The summed E-state index contributed by atoms with van der Waals surface area (Å²) in [5.74, 6) is 0.216. The highest BCUT2D eigenvalue weighted by Crippen LogP contribution is 2.40. The number of methoxy groups -OCH3 is 1. The van der Waals surface area contributed by atoms with Gasteiger partial charge >= 0.3 is 0 Å². The largest absolute Gasteiger partial charge is 0.504 e. The summed E-state index contributed by atoms with van der Waals surface area (Å²) in [5.41, 5.74) is 1.45. The monoisotopic (exact) mass is 412 g/mol. The molecule has 1 unspecified atom stereocenters. The van der Waals surface area contributed by atoms with Crippen LogP contribution in [0.25, 0.3) is 0 Å². The molecule has 2 amide bonds. The number of hydrogen-bond donors (Lipinski definition) is 2. The van der Waals surface area contributed by atoms with Crippen LogP contribution in [-0.4, -0.2) is 47.6 Å². The Morgan fingerprint density at radius 2 is 1.90 bits per heavy atom. The molecule has 160 valence electrons. The van der Waals surface area contributed by atoms with Gasteiger partial charge in [-0.05, 0) is 31.5 Å². The third-order valence-corrected chi connectivity index (χ3v) is 5.00. The topological polar surface area (TPSA) is 88.1 Å². The first-order chi connectivity index (χ1) is 14.4. The van der Waals surface area contributed by atoms with Crippen LogP contribution in [0, 0.1) is 0 Å². The normalized spacial score (nSPS) is 16.9. The highest BCUT2D eigenvalue weighted by Gasteiger charge is 2.33. The second-order valence-electron chi connectivity index (χ2n) is 7.54. The second-order valence-corrected chi connectivity index (χ2v) is 7.54. The van der Waals surface area contributed by atoms with Crippen molar-refractivity contribution in [3.8, 4) is 17.2 Å². The van der Waals surface area contributed by atoms with E-state index in [-0.39, 0.29) is 42.4 Å². The molecule has 1 saturated heterocycles. The zero-order chi connectivity index (χ0) is 21.7. The number of nitrogens with zero attached hydrogens (tertiary/aromatic N) is 1. The Kier molecular flexibility index (Phi) is 6.82. The number of rotatable bonds is 7. The molecule has 2 aromatic carbocycles. The average molecular weight is 412 g/mol. The Labute approximate surface area is 176 Å². The molecule has 0 saturated carbocycles. The number of carbonyl (C=O) groups is 2. The van der Waals surface area contributed by atoms with E-state index in [9.17, 15) is 14.7 Å². The third kappa shape index (κ3) is 4.84. The van der Waals surface area contributed by atoms with E-state index in [0.29, 0.717) is 24.3 Å². The minimum Gasteiger partial charge on any atom is -0.504 e. The smallest absolute Gasteiger partial charge is 0.243 e. The number of amides is 2. The highest BCUT2D eigenvalue weighted by molar-refractivity contribution is 5.90. The van der Waals surface area contributed by atoms with Gasteiger partial charge in [0.25, 0.3) is 0 Å². The van der Waals surface area contributed by atoms with Gasteiger partial charge in [0.2, 0.25) is 17.6 Å². The standard InChI is InChI=1S/C23H28N2O5/c1-15(2)30-22-19(29-3)10-9-17(21(22)27)14-25-18(13-16-7-5-4-6-8-16)23(28)24-12-11-20(25)26/h4-10,15,18,27H,11-14H2,1-3H3,(H,24,28). The molecule has 1 atom stereocenters. The molecule has 0 bridgehead atoms. The number of phenolic OH excluding ortho intramolecular Hbond substituents is 1. The summed E-state index contributed by atoms with van der Waals surface area (Å²) in [7, 11) is 1.50. The summed E-state index contributed by atoms with van der Waals surface area (Å²) in [6, 6.07) is 12.3. The maximum Gasteiger partial charge on any atom is 0.243 e. The van der Waals surface area contributed by atoms with Gasteiger partial charge in [-0.3, -0.25) is 9.59 Å². The Hall–Kier alpha value is -3.22. The van der Waals surface area contributed by atoms with Gasteiger partial charge in [-0.15, -0.1) is 0 Å². The van der Waals surface area contributed by atoms with Crippen LogP contribution >= 0.6 is 0 Å². The first kappa shape index (κ1) is 21.5. The molecule has 30 heavy (non-hydrogen) atoms. The summed E-state index contributed by atoms with van der Waals surface area (Å²) in [6.07, 6.45) is 0.435. The lowest BCUT2D eigenvalue weighted by atomic mass is 10.0. The predicted molar refractivity (Wildman–Crippen MR) is 113 cm³/mol. The molecule has 2 N–H and O–H groups in total. The fourth-order valence-electron chi connectivity index (χ4n) is 3.52. The molecule has 3 rings (SSSR count). The number of nitrogens with one attached hydrogen (secondary N) is 1. The van der Waals surface area contributed by atoms with Gasteiger partial charge in [0.1, 0.15) is 6.04 Å². The maximum absolute atomic E-state index is 12.9. The second kappa shape index (κ2) is 9.52. The number of ether oxygens (including phenoxy) is 2. The van der Waals surface area contributed by atoms with Gasteiger partial charge in [0.15, 0.2) is 11.5 Å². The first-order valence-corrected chi connectivity index (χ1v) is 10.1. The lowest BCUT2D eigenvalue weighted by Crippen LogP contribution is -2.47. The number of carbonyl (C=O) groups excluding carboxylic acids is 2. The molecule has 7 heteroatoms. The molecule has 7 nitrogen and oxygen atoms in total. The zero-order valence-corrected chi connectivity index (χ0v) is 17.6. The van der Waals surface area contributed by atoms with E-state index < -0.39 is 6.04 Å². The minimum atomic E-state index is -0.668. The SMILES string of the molecule is COc1ccc(CN2C(=O)CCNC(=O)C2Cc2ccccc2)c(O)c1OC(C)C. The van der Waals surface area contributed by atoms with E-state index in [4.69, 9.17) is 9.47 Å². The summed E-state index contributed by atoms with van der Waals surface area (Å²) in [5, 5.41) is 13.7. The van der Waals surface area contributed by atoms with Crippen molar-refractivity contribution in [3.05, 3.63) is 53.6 Å². The van der Waals surface area contributed by atoms with Crippen LogP contribution in [0.5, 0.6) is 17.2 Å². The van der Waals surface area contributed by atoms with E-state index in [0.717, 1.165) is 5.56 Å². The van der Waals surface area contributed by atoms with Crippen LogP contribution in [0.15, 0.2) is 42.5 Å². The van der Waals surface area contributed by atoms with Crippen LogP contribution in [0.2, 0.25) is 0 Å². The lowest BCUT2D eigenvalue weighted by molar-refractivity contribution is -0.138. The zero-order valence-electron chi connectivity index (χ0n) is 17.6. The molecule has 1 aliphatic heterocycles. The van der Waals surface area contributed by atoms with Crippen molar-refractivity contribution in [3.63, 3.8) is 0 Å². The summed E-state index contributed by atoms with van der Waals surface area (Å²) in [6.45, 7) is 4.10. The van der Waals surface area contributed by atoms with E-state index in [1.807, 2.05) is 44.2 Å². The van der Waals surface area contributed by atoms with Crippen molar-refractivity contribution < 1.29 is 24.2 Å². The third-order valence-electron chi connectivity index (χ3n) is 5.00. The quantitative estimate of drug-likeness (QED) is 0.730. The molecule has 1 heterocycles. The van der Waals surface area contributed by atoms with E-state index >= 15 is 0 Å². The van der Waals surface area contributed by atoms with Crippen LogP contribution in [0.1, 0.15) is 31.4 Å². The van der Waals surface area contributed by atoms with Gasteiger partial charge in [-0.2, -0.15) is 0 Å². The number of aromatic hydroxyl groups is 1. The van der Waals surface area contributed by atoms with E-state index in [2.05, 4.69) is 5.32 Å². The predicted octanol–water partition coefficient (Wildman–Crippen LogP) is 2.65. The van der Waals surface area contributed by atoms with Gasteiger partial charge in [0.05, 0.1) is 19.8 Å². The molecule has 0 radical (unpaired) electrons. The number of hydrogen-bond acceptors (Lipinski definition) is 5. The molecular weight excluding hydrogens is 384 g/mol. The Balaban J connectivity index is 1.94. The fourth-order valence-corrected chi connectivity index (χ4v) is 3.52. The Morgan fingerprint density at radius 1 is 1.17 bits per heavy atom. The molecule has 0 aliphatic carbocycles. The van der Waals surface area contributed by atoms with Gasteiger partial charge in [0, 0.05) is 24.9 Å². The van der Waals surface area contributed by atoms with E-state index in [1.165, 1.54) is 12.0 Å². The summed E-state index contributed by atoms with van der Waals surface area (Å²) >= 11 is 0. The molecule has 0 aromatic heterocycles. The number of phenols is 1. The van der Waals surface area contributed by atoms with Crippen LogP contribution in [0.3, 0.4) is 0 Å². The van der Waals surface area contributed by atoms with Gasteiger partial charge in [-0.1, -0.05) is 30.3 Å². The highest BCUT2D eigenvalue weighted by atomic mass is 16.5. The van der Waals surface area contributed by atoms with Crippen molar-refractivity contribution in [2.75, 3.05) is 13.7 Å². The summed E-state index contributed by atoms with van der Waals surface area (Å²) in [4.78, 5) is 27.1. The van der Waals surface area contributed by atoms with E-state index in [1.54, 1.807) is 12.1 Å². The van der Waals surface area contributed by atoms with Gasteiger partial charge in [-0.25, -0.2) is 0 Å². The van der Waals surface area contributed by atoms with Crippen molar-refractivity contribution in [1.29, 1.82) is 0 Å². The van der Waals surface area contributed by atoms with Crippen LogP contribution < -0.4 is 14.8 Å². The Bertz CT molecular complexity index is 898. The summed E-state index contributed by atoms with van der Waals surface area (Å²) < 4.78 is 11.0. The van der Waals surface area contributed by atoms with Crippen LogP contribution in [-0.2, 0) is 22.6 Å². The van der Waals surface area contributed by atoms with Crippen molar-refractivity contribution in [1.82, 2.24) is 10.2 Å². The number of benzene rings is 2. The fraction of sp³-hybridized carbons (Fsp3) is 0.391. The Morgan fingerprint density at radius 3 is 2.57 bits per heavy atom. The van der Waals surface area contributed by atoms with Crippen molar-refractivity contribution in [2.24, 2.45) is 0 Å². The lowest BCUT2D eigenvalue weighted by Gasteiger charge is -2.29. The molecule has 0 spiro atoms. The van der Waals surface area contributed by atoms with Gasteiger partial charge < -0.3 is 24.8 Å². The average Bonchev–Trinajstić information content (AvgIpc) is 2.85. The minimum absolute atomic E-state index is 0.0843. The first-order valence-electron chi connectivity index (χ1n) is 10.1. The molecule has 1 fully saturated rings. The maximum atomic E-state index is 12.9. The van der Waals surface area contributed by atoms with Crippen molar-refractivity contribution in [2.45, 2.75) is 45.4 Å². The molecule has 2 aromatic rings.